The first kappa shape index (κ1) is 20.9. The van der Waals surface area contributed by atoms with Crippen LogP contribution in [-0.4, -0.2) is 29.5 Å². The lowest BCUT2D eigenvalue weighted by Crippen LogP contribution is -2.25. The molecule has 1 heterocycles. The van der Waals surface area contributed by atoms with Crippen LogP contribution < -0.4 is 10.1 Å². The molecule has 3 aromatic rings. The molecule has 0 bridgehead atoms. The van der Waals surface area contributed by atoms with Crippen LogP contribution in [0.2, 0.25) is 0 Å². The van der Waals surface area contributed by atoms with E-state index in [1.54, 1.807) is 7.11 Å². The molecule has 0 atom stereocenters. The summed E-state index contributed by atoms with van der Waals surface area (Å²) in [6.07, 6.45) is 0.554. The largest absolute Gasteiger partial charge is 0.497 e. The van der Waals surface area contributed by atoms with E-state index in [1.807, 2.05) is 78.9 Å². The minimum atomic E-state index is -0.0195. The lowest BCUT2D eigenvalue weighted by atomic mass is 10.1. The summed E-state index contributed by atoms with van der Waals surface area (Å²) in [6.45, 7) is 0.520. The number of carbonyl (C=O) groups is 1. The third kappa shape index (κ3) is 5.61. The Labute approximate surface area is 186 Å². The molecule has 0 saturated heterocycles. The summed E-state index contributed by atoms with van der Waals surface area (Å²) >= 11 is 1.45. The van der Waals surface area contributed by atoms with Gasteiger partial charge in [0.25, 0.3) is 0 Å². The fraction of sp³-hybridized carbons (Fsp3) is 0.160. The first-order valence-corrected chi connectivity index (χ1v) is 11.0. The van der Waals surface area contributed by atoms with Crippen LogP contribution in [0.5, 0.6) is 5.75 Å². The Bertz CT molecular complexity index is 1130. The van der Waals surface area contributed by atoms with Crippen LogP contribution >= 0.6 is 11.8 Å². The second-order valence-corrected chi connectivity index (χ2v) is 8.06. The summed E-state index contributed by atoms with van der Waals surface area (Å²) in [5, 5.41) is 3.83. The number of hydrogen-bond acceptors (Lipinski definition) is 5. The van der Waals surface area contributed by atoms with Gasteiger partial charge in [-0.15, -0.1) is 11.8 Å². The Morgan fingerprint density at radius 1 is 0.968 bits per heavy atom. The maximum atomic E-state index is 12.4. The molecule has 156 valence electrons. The predicted octanol–water partition coefficient (Wildman–Crippen LogP) is 5.30. The third-order valence-corrected chi connectivity index (χ3v) is 5.78. The van der Waals surface area contributed by atoms with E-state index >= 15 is 0 Å². The van der Waals surface area contributed by atoms with Gasteiger partial charge < -0.3 is 10.1 Å². The Morgan fingerprint density at radius 2 is 1.71 bits per heavy atom. The summed E-state index contributed by atoms with van der Waals surface area (Å²) in [4.78, 5) is 22.1. The summed E-state index contributed by atoms with van der Waals surface area (Å²) in [5.41, 5.74) is 4.60. The number of nitrogens with one attached hydrogen (secondary N) is 1. The average Bonchev–Trinajstić information content (AvgIpc) is 3.01. The van der Waals surface area contributed by atoms with E-state index in [4.69, 9.17) is 14.7 Å². The standard InChI is InChI=1S/C25H23N3O2S/c1-30-20-11-7-10-19(14-20)23-15-25(28-22-13-6-5-12-21(22)27-23)31-17-24(29)26-16-18-8-3-2-4-9-18/h2-14H,15-17H2,1H3,(H,26,29). The molecule has 0 aromatic heterocycles. The van der Waals surface area contributed by atoms with Crippen LogP contribution in [0.4, 0.5) is 11.4 Å². The van der Waals surface area contributed by atoms with Gasteiger partial charge in [0.05, 0.1) is 35.0 Å². The highest BCUT2D eigenvalue weighted by Gasteiger charge is 2.17. The lowest BCUT2D eigenvalue weighted by Gasteiger charge is -2.09. The molecule has 0 saturated carbocycles. The first-order valence-electron chi connectivity index (χ1n) is 10.0. The van der Waals surface area contributed by atoms with Gasteiger partial charge in [0.1, 0.15) is 5.75 Å². The number of hydrogen-bond donors (Lipinski definition) is 1. The Kier molecular flexibility index (Phi) is 6.79. The molecule has 6 heteroatoms. The van der Waals surface area contributed by atoms with Gasteiger partial charge in [-0.3, -0.25) is 9.79 Å². The van der Waals surface area contributed by atoms with E-state index in [1.165, 1.54) is 11.8 Å². The Morgan fingerprint density at radius 3 is 2.48 bits per heavy atom. The zero-order valence-corrected chi connectivity index (χ0v) is 18.1. The maximum absolute atomic E-state index is 12.4. The van der Waals surface area contributed by atoms with Gasteiger partial charge in [-0.05, 0) is 29.8 Å². The molecule has 4 rings (SSSR count). The minimum Gasteiger partial charge on any atom is -0.497 e. The van der Waals surface area contributed by atoms with Crippen molar-refractivity contribution in [3.63, 3.8) is 0 Å². The van der Waals surface area contributed by atoms with Crippen molar-refractivity contribution in [3.05, 3.63) is 90.0 Å². The number of ether oxygens (including phenoxy) is 1. The normalized spacial score (nSPS) is 12.8. The smallest absolute Gasteiger partial charge is 0.230 e. The zero-order valence-electron chi connectivity index (χ0n) is 17.2. The van der Waals surface area contributed by atoms with Crippen molar-refractivity contribution in [2.24, 2.45) is 9.98 Å². The molecule has 0 radical (unpaired) electrons. The highest BCUT2D eigenvalue weighted by Crippen LogP contribution is 2.33. The van der Waals surface area contributed by atoms with Crippen LogP contribution in [-0.2, 0) is 11.3 Å². The summed E-state index contributed by atoms with van der Waals surface area (Å²) < 4.78 is 5.37. The molecular weight excluding hydrogens is 406 g/mol. The van der Waals surface area contributed by atoms with E-state index in [-0.39, 0.29) is 5.91 Å². The predicted molar refractivity (Wildman–Crippen MR) is 128 cm³/mol. The third-order valence-electron chi connectivity index (χ3n) is 4.81. The monoisotopic (exact) mass is 429 g/mol. The molecular formula is C25H23N3O2S. The number of fused-ring (bicyclic) bond motifs is 1. The molecule has 1 N–H and O–H groups in total. The van der Waals surface area contributed by atoms with Crippen LogP contribution in [0.1, 0.15) is 17.5 Å². The number of nitrogens with zero attached hydrogens (tertiary/aromatic N) is 2. The molecule has 1 aliphatic heterocycles. The van der Waals surface area contributed by atoms with E-state index in [9.17, 15) is 4.79 Å². The summed E-state index contributed by atoms with van der Waals surface area (Å²) in [5.74, 6) is 1.07. The van der Waals surface area contributed by atoms with Crippen LogP contribution in [0, 0.1) is 0 Å². The lowest BCUT2D eigenvalue weighted by molar-refractivity contribution is -0.118. The SMILES string of the molecule is COc1cccc(C2=Nc3ccccc3N=C(SCC(=O)NCc3ccccc3)C2)c1. The molecule has 0 aliphatic carbocycles. The number of aliphatic imine (C=N–C) groups is 2. The highest BCUT2D eigenvalue weighted by molar-refractivity contribution is 8.14. The molecule has 3 aromatic carbocycles. The van der Waals surface area contributed by atoms with Gasteiger partial charge in [-0.25, -0.2) is 4.99 Å². The van der Waals surface area contributed by atoms with Crippen molar-refractivity contribution in [1.82, 2.24) is 5.32 Å². The Hall–Kier alpha value is -3.38. The second-order valence-electron chi connectivity index (χ2n) is 7.01. The topological polar surface area (TPSA) is 63.1 Å². The molecule has 5 nitrogen and oxygen atoms in total. The molecule has 0 unspecified atom stereocenters. The van der Waals surface area contributed by atoms with Gasteiger partial charge in [-0.1, -0.05) is 54.6 Å². The highest BCUT2D eigenvalue weighted by atomic mass is 32.2. The van der Waals surface area contributed by atoms with E-state index in [0.717, 1.165) is 39.0 Å². The summed E-state index contributed by atoms with van der Waals surface area (Å²) in [7, 11) is 1.65. The average molecular weight is 430 g/mol. The number of carbonyl (C=O) groups excluding carboxylic acids is 1. The number of methoxy groups -OCH3 is 1. The van der Waals surface area contributed by atoms with Crippen LogP contribution in [0.15, 0.2) is 88.8 Å². The fourth-order valence-corrected chi connectivity index (χ4v) is 4.01. The van der Waals surface area contributed by atoms with Crippen molar-refractivity contribution in [2.45, 2.75) is 13.0 Å². The number of rotatable bonds is 6. The van der Waals surface area contributed by atoms with Crippen molar-refractivity contribution >= 4 is 39.8 Å². The van der Waals surface area contributed by atoms with Gasteiger partial charge in [0, 0.05) is 18.5 Å². The number of para-hydroxylation sites is 2. The number of amides is 1. The molecule has 1 amide bonds. The molecule has 0 spiro atoms. The molecule has 1 aliphatic rings. The van der Waals surface area contributed by atoms with Crippen molar-refractivity contribution in [3.8, 4) is 5.75 Å². The van der Waals surface area contributed by atoms with Crippen molar-refractivity contribution < 1.29 is 9.53 Å². The van der Waals surface area contributed by atoms with Gasteiger partial charge in [0.2, 0.25) is 5.91 Å². The van der Waals surface area contributed by atoms with E-state index < -0.39 is 0 Å². The molecule has 0 fully saturated rings. The Balaban J connectivity index is 1.49. The number of benzene rings is 3. The summed E-state index contributed by atoms with van der Waals surface area (Å²) in [6, 6.07) is 25.6. The van der Waals surface area contributed by atoms with E-state index in [2.05, 4.69) is 5.32 Å². The van der Waals surface area contributed by atoms with Crippen molar-refractivity contribution in [1.29, 1.82) is 0 Å². The van der Waals surface area contributed by atoms with Crippen LogP contribution in [0.25, 0.3) is 0 Å². The maximum Gasteiger partial charge on any atom is 0.230 e. The van der Waals surface area contributed by atoms with Gasteiger partial charge in [-0.2, -0.15) is 0 Å². The number of thioether (sulfide) groups is 1. The molecule has 31 heavy (non-hydrogen) atoms. The van der Waals surface area contributed by atoms with E-state index in [0.29, 0.717) is 18.7 Å². The van der Waals surface area contributed by atoms with Crippen LogP contribution in [0.3, 0.4) is 0 Å². The van der Waals surface area contributed by atoms with Gasteiger partial charge in [0.15, 0.2) is 0 Å². The first-order chi connectivity index (χ1) is 15.2. The fourth-order valence-electron chi connectivity index (χ4n) is 3.20. The minimum absolute atomic E-state index is 0.0195. The second kappa shape index (κ2) is 10.1. The quantitative estimate of drug-likeness (QED) is 0.578. The van der Waals surface area contributed by atoms with Gasteiger partial charge >= 0.3 is 0 Å². The van der Waals surface area contributed by atoms with Crippen molar-refractivity contribution in [2.75, 3.05) is 12.9 Å². The zero-order chi connectivity index (χ0) is 21.5.